The van der Waals surface area contributed by atoms with Crippen molar-refractivity contribution in [2.75, 3.05) is 18.5 Å². The lowest BCUT2D eigenvalue weighted by atomic mass is 10.2. The number of hydrogen-bond donors (Lipinski definition) is 2. The minimum atomic E-state index is -0.594. The minimum absolute atomic E-state index is 0.184. The summed E-state index contributed by atoms with van der Waals surface area (Å²) >= 11 is 0. The summed E-state index contributed by atoms with van der Waals surface area (Å²) in [6, 6.07) is 7.36. The zero-order valence-electron chi connectivity index (χ0n) is 9.03. The fraction of sp³-hybridized carbons (Fsp3) is 0.273. The molecule has 5 nitrogen and oxygen atoms in total. The van der Waals surface area contributed by atoms with Crippen molar-refractivity contribution in [2.24, 2.45) is 5.73 Å². The predicted molar refractivity (Wildman–Crippen MR) is 59.8 cm³/mol. The Morgan fingerprint density at radius 1 is 1.25 bits per heavy atom. The highest BCUT2D eigenvalue weighted by Gasteiger charge is 2.03. The second kappa shape index (κ2) is 5.87. The molecule has 5 heteroatoms. The summed E-state index contributed by atoms with van der Waals surface area (Å²) < 4.78 is 4.77. The molecule has 1 rings (SSSR count). The maximum absolute atomic E-state index is 11.3. The second-order valence-electron chi connectivity index (χ2n) is 3.37. The van der Waals surface area contributed by atoms with Crippen LogP contribution in [0, 0.1) is 6.92 Å². The van der Waals surface area contributed by atoms with Crippen molar-refractivity contribution >= 4 is 17.5 Å². The monoisotopic (exact) mass is 222 g/mol. The largest absolute Gasteiger partial charge is 0.368 e. The van der Waals surface area contributed by atoms with E-state index in [0.29, 0.717) is 5.69 Å². The highest BCUT2D eigenvalue weighted by Crippen LogP contribution is 2.07. The first-order valence-corrected chi connectivity index (χ1v) is 4.80. The lowest BCUT2D eigenvalue weighted by Crippen LogP contribution is -2.24. The van der Waals surface area contributed by atoms with Crippen molar-refractivity contribution in [1.29, 1.82) is 0 Å². The Hall–Kier alpha value is -1.88. The smallest absolute Gasteiger partial charge is 0.250 e. The Labute approximate surface area is 93.6 Å². The molecule has 0 fully saturated rings. The van der Waals surface area contributed by atoms with Crippen molar-refractivity contribution in [1.82, 2.24) is 0 Å². The van der Waals surface area contributed by atoms with E-state index in [1.165, 1.54) is 0 Å². The second-order valence-corrected chi connectivity index (χ2v) is 3.37. The van der Waals surface area contributed by atoms with Gasteiger partial charge in [0.15, 0.2) is 0 Å². The van der Waals surface area contributed by atoms with Gasteiger partial charge in [-0.15, -0.1) is 0 Å². The molecule has 0 aliphatic carbocycles. The quantitative estimate of drug-likeness (QED) is 0.758. The van der Waals surface area contributed by atoms with Crippen LogP contribution >= 0.6 is 0 Å². The topological polar surface area (TPSA) is 81.4 Å². The van der Waals surface area contributed by atoms with Gasteiger partial charge in [0, 0.05) is 5.69 Å². The molecule has 0 radical (unpaired) electrons. The van der Waals surface area contributed by atoms with Crippen LogP contribution in [-0.4, -0.2) is 25.0 Å². The molecular formula is C11H14N2O3. The fourth-order valence-electron chi connectivity index (χ4n) is 1.08. The predicted octanol–water partition coefficient (Wildman–Crippen LogP) is 0.435. The molecule has 0 bridgehead atoms. The van der Waals surface area contributed by atoms with Crippen LogP contribution in [0.2, 0.25) is 0 Å². The van der Waals surface area contributed by atoms with E-state index >= 15 is 0 Å². The van der Waals surface area contributed by atoms with E-state index < -0.39 is 5.91 Å². The number of benzene rings is 1. The highest BCUT2D eigenvalue weighted by atomic mass is 16.5. The molecule has 0 spiro atoms. The zero-order chi connectivity index (χ0) is 12.0. The summed E-state index contributed by atoms with van der Waals surface area (Å²) in [7, 11) is 0. The number of nitrogens with two attached hydrogens (primary N) is 1. The standard InChI is InChI=1S/C11H14N2O3/c1-8-2-4-9(5-3-8)13-11(15)7-16-6-10(12)14/h2-5H,6-7H2,1H3,(H2,12,14)(H,13,15). The summed E-state index contributed by atoms with van der Waals surface area (Å²) in [5.41, 5.74) is 6.66. The number of nitrogens with one attached hydrogen (secondary N) is 1. The van der Waals surface area contributed by atoms with E-state index in [-0.39, 0.29) is 19.1 Å². The summed E-state index contributed by atoms with van der Waals surface area (Å²) in [4.78, 5) is 21.6. The maximum atomic E-state index is 11.3. The van der Waals surface area contributed by atoms with Crippen LogP contribution in [0.1, 0.15) is 5.56 Å². The van der Waals surface area contributed by atoms with Crippen molar-refractivity contribution in [3.05, 3.63) is 29.8 Å². The number of carbonyl (C=O) groups excluding carboxylic acids is 2. The van der Waals surface area contributed by atoms with Gasteiger partial charge < -0.3 is 15.8 Å². The third kappa shape index (κ3) is 4.56. The normalized spacial score (nSPS) is 9.81. The molecule has 3 N–H and O–H groups in total. The molecular weight excluding hydrogens is 208 g/mol. The van der Waals surface area contributed by atoms with E-state index in [9.17, 15) is 9.59 Å². The van der Waals surface area contributed by atoms with Gasteiger partial charge in [-0.25, -0.2) is 0 Å². The number of amides is 2. The highest BCUT2D eigenvalue weighted by molar-refractivity contribution is 5.91. The molecule has 86 valence electrons. The lowest BCUT2D eigenvalue weighted by Gasteiger charge is -2.05. The Morgan fingerprint density at radius 2 is 1.88 bits per heavy atom. The Bertz CT molecular complexity index is 373. The van der Waals surface area contributed by atoms with Crippen molar-refractivity contribution in [2.45, 2.75) is 6.92 Å². The first kappa shape index (κ1) is 12.2. The number of rotatable bonds is 5. The summed E-state index contributed by atoms with van der Waals surface area (Å²) in [5, 5.41) is 2.63. The van der Waals surface area contributed by atoms with Crippen LogP contribution in [0.5, 0.6) is 0 Å². The average Bonchev–Trinajstić information content (AvgIpc) is 2.21. The summed E-state index contributed by atoms with van der Waals surface area (Å²) in [6.07, 6.45) is 0. The van der Waals surface area contributed by atoms with Gasteiger partial charge in [0.05, 0.1) is 0 Å². The molecule has 0 aliphatic rings. The molecule has 0 saturated heterocycles. The molecule has 0 saturated carbocycles. The summed E-state index contributed by atoms with van der Waals surface area (Å²) in [6.45, 7) is 1.53. The number of hydrogen-bond acceptors (Lipinski definition) is 3. The van der Waals surface area contributed by atoms with Crippen molar-refractivity contribution < 1.29 is 14.3 Å². The molecule has 0 atom stereocenters. The van der Waals surface area contributed by atoms with Crippen LogP contribution in [0.15, 0.2) is 24.3 Å². The molecule has 0 heterocycles. The van der Waals surface area contributed by atoms with Gasteiger partial charge in [0.1, 0.15) is 13.2 Å². The van der Waals surface area contributed by atoms with E-state index in [4.69, 9.17) is 10.5 Å². The number of anilines is 1. The van der Waals surface area contributed by atoms with Gasteiger partial charge >= 0.3 is 0 Å². The number of primary amides is 1. The van der Waals surface area contributed by atoms with Gasteiger partial charge in [-0.3, -0.25) is 9.59 Å². The number of ether oxygens (including phenoxy) is 1. The van der Waals surface area contributed by atoms with E-state index in [1.807, 2.05) is 19.1 Å². The van der Waals surface area contributed by atoms with Crippen LogP contribution in [0.4, 0.5) is 5.69 Å². The van der Waals surface area contributed by atoms with Gasteiger partial charge in [0.25, 0.3) is 0 Å². The zero-order valence-corrected chi connectivity index (χ0v) is 9.03. The van der Waals surface area contributed by atoms with E-state index in [0.717, 1.165) is 5.56 Å². The van der Waals surface area contributed by atoms with Crippen LogP contribution < -0.4 is 11.1 Å². The molecule has 1 aromatic rings. The van der Waals surface area contributed by atoms with Crippen LogP contribution in [0.25, 0.3) is 0 Å². The van der Waals surface area contributed by atoms with E-state index in [2.05, 4.69) is 5.32 Å². The number of aryl methyl sites for hydroxylation is 1. The third-order valence-electron chi connectivity index (χ3n) is 1.81. The molecule has 0 aromatic heterocycles. The lowest BCUT2D eigenvalue weighted by molar-refractivity contribution is -0.126. The molecule has 1 aromatic carbocycles. The molecule has 16 heavy (non-hydrogen) atoms. The van der Waals surface area contributed by atoms with Gasteiger partial charge in [0.2, 0.25) is 11.8 Å². The first-order chi connectivity index (χ1) is 7.58. The van der Waals surface area contributed by atoms with E-state index in [1.54, 1.807) is 12.1 Å². The maximum Gasteiger partial charge on any atom is 0.250 e. The first-order valence-electron chi connectivity index (χ1n) is 4.80. The molecule has 2 amide bonds. The Kier molecular flexibility index (Phi) is 4.47. The SMILES string of the molecule is Cc1ccc(NC(=O)COCC(N)=O)cc1. The van der Waals surface area contributed by atoms with Gasteiger partial charge in [-0.1, -0.05) is 17.7 Å². The van der Waals surface area contributed by atoms with Crippen molar-refractivity contribution in [3.8, 4) is 0 Å². The van der Waals surface area contributed by atoms with Crippen molar-refractivity contribution in [3.63, 3.8) is 0 Å². The van der Waals surface area contributed by atoms with Gasteiger partial charge in [-0.2, -0.15) is 0 Å². The Morgan fingerprint density at radius 3 is 2.44 bits per heavy atom. The van der Waals surface area contributed by atoms with Gasteiger partial charge in [-0.05, 0) is 19.1 Å². The fourth-order valence-corrected chi connectivity index (χ4v) is 1.08. The van der Waals surface area contributed by atoms with Crippen LogP contribution in [0.3, 0.4) is 0 Å². The minimum Gasteiger partial charge on any atom is -0.368 e. The van der Waals surface area contributed by atoms with Crippen LogP contribution in [-0.2, 0) is 14.3 Å². The summed E-state index contributed by atoms with van der Waals surface area (Å²) in [5.74, 6) is -0.909. The average molecular weight is 222 g/mol. The molecule has 0 aliphatic heterocycles. The number of carbonyl (C=O) groups is 2. The Balaban J connectivity index is 2.34. The molecule has 0 unspecified atom stereocenters. The third-order valence-corrected chi connectivity index (χ3v) is 1.81.